The number of carboxylic acid groups (broad SMARTS) is 1. The van der Waals surface area contributed by atoms with Crippen molar-refractivity contribution in [3.63, 3.8) is 0 Å². The molecule has 0 aromatic rings. The van der Waals surface area contributed by atoms with Crippen LogP contribution in [0.4, 0.5) is 0 Å². The standard InChI is InChI=1S/C8H15NO4/c1-3-4-6(10)13-5(2)7(9)8(11)12/h5,7H,3-4,9H2,1-2H3,(H,11,12)/t5-,7+/m1/s1. The Hall–Kier alpha value is -1.10. The van der Waals surface area contributed by atoms with Gasteiger partial charge in [0.05, 0.1) is 0 Å². The SMILES string of the molecule is CCCC(=O)O[C@H](C)[C@H](N)C(=O)O. The van der Waals surface area contributed by atoms with Gasteiger partial charge in [-0.1, -0.05) is 6.92 Å². The minimum Gasteiger partial charge on any atom is -0.480 e. The number of esters is 1. The molecule has 0 aromatic heterocycles. The average molecular weight is 189 g/mol. The molecule has 2 atom stereocenters. The number of ether oxygens (including phenoxy) is 1. The van der Waals surface area contributed by atoms with Gasteiger partial charge < -0.3 is 15.6 Å². The molecule has 0 fully saturated rings. The average Bonchev–Trinajstić information content (AvgIpc) is 2.03. The van der Waals surface area contributed by atoms with E-state index in [2.05, 4.69) is 0 Å². The Bertz CT molecular complexity index is 193. The van der Waals surface area contributed by atoms with Gasteiger partial charge in [0.15, 0.2) is 0 Å². The summed E-state index contributed by atoms with van der Waals surface area (Å²) in [5, 5.41) is 8.48. The third kappa shape index (κ3) is 4.47. The summed E-state index contributed by atoms with van der Waals surface area (Å²) in [5.41, 5.74) is 5.23. The third-order valence-corrected chi connectivity index (χ3v) is 1.56. The topological polar surface area (TPSA) is 89.6 Å². The van der Waals surface area contributed by atoms with E-state index < -0.39 is 24.1 Å². The van der Waals surface area contributed by atoms with Crippen molar-refractivity contribution in [2.75, 3.05) is 0 Å². The van der Waals surface area contributed by atoms with Crippen LogP contribution in [0.25, 0.3) is 0 Å². The van der Waals surface area contributed by atoms with Crippen LogP contribution in [-0.2, 0) is 14.3 Å². The minimum atomic E-state index is -1.17. The second-order valence-corrected chi connectivity index (χ2v) is 2.81. The quantitative estimate of drug-likeness (QED) is 0.600. The van der Waals surface area contributed by atoms with Crippen LogP contribution >= 0.6 is 0 Å². The lowest BCUT2D eigenvalue weighted by molar-refractivity contribution is -0.153. The lowest BCUT2D eigenvalue weighted by Gasteiger charge is -2.16. The van der Waals surface area contributed by atoms with Crippen LogP contribution in [-0.4, -0.2) is 29.2 Å². The lowest BCUT2D eigenvalue weighted by atomic mass is 10.2. The van der Waals surface area contributed by atoms with Crippen molar-refractivity contribution < 1.29 is 19.4 Å². The van der Waals surface area contributed by atoms with Crippen LogP contribution in [0.15, 0.2) is 0 Å². The number of nitrogens with two attached hydrogens (primary N) is 1. The fourth-order valence-corrected chi connectivity index (χ4v) is 0.744. The first-order valence-corrected chi connectivity index (χ1v) is 4.17. The molecule has 3 N–H and O–H groups in total. The molecule has 0 heterocycles. The highest BCUT2D eigenvalue weighted by Gasteiger charge is 2.22. The Morgan fingerprint density at radius 1 is 1.54 bits per heavy atom. The molecular formula is C8H15NO4. The predicted molar refractivity (Wildman–Crippen MR) is 46.1 cm³/mol. The van der Waals surface area contributed by atoms with Gasteiger partial charge in [0, 0.05) is 6.42 Å². The van der Waals surface area contributed by atoms with Gasteiger partial charge in [0.2, 0.25) is 0 Å². The Labute approximate surface area is 76.9 Å². The maximum absolute atomic E-state index is 10.9. The van der Waals surface area contributed by atoms with Crippen molar-refractivity contribution in [1.82, 2.24) is 0 Å². The van der Waals surface area contributed by atoms with Crippen LogP contribution < -0.4 is 5.73 Å². The molecular weight excluding hydrogens is 174 g/mol. The van der Waals surface area contributed by atoms with Crippen molar-refractivity contribution in [3.8, 4) is 0 Å². The zero-order valence-corrected chi connectivity index (χ0v) is 7.82. The maximum Gasteiger partial charge on any atom is 0.324 e. The fraction of sp³-hybridized carbons (Fsp3) is 0.750. The van der Waals surface area contributed by atoms with Gasteiger partial charge in [-0.3, -0.25) is 9.59 Å². The van der Waals surface area contributed by atoms with Gasteiger partial charge in [0.1, 0.15) is 12.1 Å². The third-order valence-electron chi connectivity index (χ3n) is 1.56. The summed E-state index contributed by atoms with van der Waals surface area (Å²) in [5.74, 6) is -1.58. The van der Waals surface area contributed by atoms with Gasteiger partial charge in [0.25, 0.3) is 0 Å². The van der Waals surface area contributed by atoms with E-state index in [0.717, 1.165) is 0 Å². The number of carbonyl (C=O) groups is 2. The van der Waals surface area contributed by atoms with Crippen LogP contribution in [0.3, 0.4) is 0 Å². The van der Waals surface area contributed by atoms with E-state index in [1.807, 2.05) is 6.92 Å². The Morgan fingerprint density at radius 2 is 2.08 bits per heavy atom. The van der Waals surface area contributed by atoms with Crippen molar-refractivity contribution in [2.45, 2.75) is 38.8 Å². The molecule has 0 saturated heterocycles. The van der Waals surface area contributed by atoms with Gasteiger partial charge in [-0.15, -0.1) is 0 Å². The zero-order valence-electron chi connectivity index (χ0n) is 7.82. The summed E-state index contributed by atoms with van der Waals surface area (Å²) in [4.78, 5) is 21.3. The monoisotopic (exact) mass is 189 g/mol. The minimum absolute atomic E-state index is 0.288. The summed E-state index contributed by atoms with van der Waals surface area (Å²) in [6.07, 6.45) is 0.182. The van der Waals surface area contributed by atoms with Crippen LogP contribution in [0, 0.1) is 0 Å². The molecule has 0 unspecified atom stereocenters. The van der Waals surface area contributed by atoms with Gasteiger partial charge in [-0.05, 0) is 13.3 Å². The highest BCUT2D eigenvalue weighted by Crippen LogP contribution is 2.00. The molecule has 0 aliphatic rings. The summed E-state index contributed by atoms with van der Waals surface area (Å²) >= 11 is 0. The zero-order chi connectivity index (χ0) is 10.4. The summed E-state index contributed by atoms with van der Waals surface area (Å²) < 4.78 is 4.77. The highest BCUT2D eigenvalue weighted by molar-refractivity contribution is 5.75. The van der Waals surface area contributed by atoms with Crippen LogP contribution in [0.2, 0.25) is 0 Å². The molecule has 0 aromatic carbocycles. The van der Waals surface area contributed by atoms with Crippen molar-refractivity contribution in [1.29, 1.82) is 0 Å². The first kappa shape index (κ1) is 11.9. The van der Waals surface area contributed by atoms with E-state index in [1.165, 1.54) is 6.92 Å². The van der Waals surface area contributed by atoms with Crippen molar-refractivity contribution >= 4 is 11.9 Å². The maximum atomic E-state index is 10.9. The highest BCUT2D eigenvalue weighted by atomic mass is 16.5. The second kappa shape index (κ2) is 5.53. The molecule has 0 amide bonds. The van der Waals surface area contributed by atoms with Gasteiger partial charge >= 0.3 is 11.9 Å². The van der Waals surface area contributed by atoms with E-state index in [0.29, 0.717) is 6.42 Å². The molecule has 5 nitrogen and oxygen atoms in total. The van der Waals surface area contributed by atoms with E-state index >= 15 is 0 Å². The van der Waals surface area contributed by atoms with E-state index in [9.17, 15) is 9.59 Å². The predicted octanol–water partition coefficient (Wildman–Crippen LogP) is 0.130. The molecule has 0 saturated carbocycles. The number of carbonyl (C=O) groups excluding carboxylic acids is 1. The van der Waals surface area contributed by atoms with E-state index in [-0.39, 0.29) is 6.42 Å². The van der Waals surface area contributed by atoms with E-state index in [1.54, 1.807) is 0 Å². The molecule has 76 valence electrons. The Kier molecular flexibility index (Phi) is 5.06. The van der Waals surface area contributed by atoms with Crippen molar-refractivity contribution in [2.24, 2.45) is 5.73 Å². The fourth-order valence-electron chi connectivity index (χ4n) is 0.744. The normalized spacial score (nSPS) is 14.7. The molecule has 0 spiro atoms. The summed E-state index contributed by atoms with van der Waals surface area (Å²) in [6, 6.07) is -1.15. The molecule has 13 heavy (non-hydrogen) atoms. The van der Waals surface area contributed by atoms with Gasteiger partial charge in [-0.25, -0.2) is 0 Å². The van der Waals surface area contributed by atoms with E-state index in [4.69, 9.17) is 15.6 Å². The first-order valence-electron chi connectivity index (χ1n) is 4.17. The number of hydrogen-bond donors (Lipinski definition) is 2. The number of carboxylic acids is 1. The molecule has 0 bridgehead atoms. The number of hydrogen-bond acceptors (Lipinski definition) is 4. The molecule has 0 aliphatic heterocycles. The molecule has 0 radical (unpaired) electrons. The van der Waals surface area contributed by atoms with Gasteiger partial charge in [-0.2, -0.15) is 0 Å². The van der Waals surface area contributed by atoms with Crippen LogP contribution in [0.5, 0.6) is 0 Å². The van der Waals surface area contributed by atoms with Crippen molar-refractivity contribution in [3.05, 3.63) is 0 Å². The number of rotatable bonds is 5. The summed E-state index contributed by atoms with van der Waals surface area (Å²) in [7, 11) is 0. The Morgan fingerprint density at radius 3 is 2.46 bits per heavy atom. The lowest BCUT2D eigenvalue weighted by Crippen LogP contribution is -2.42. The number of aliphatic carboxylic acids is 1. The molecule has 0 aliphatic carbocycles. The molecule has 5 heteroatoms. The second-order valence-electron chi connectivity index (χ2n) is 2.81. The first-order chi connectivity index (χ1) is 5.99. The summed E-state index contributed by atoms with van der Waals surface area (Å²) in [6.45, 7) is 3.30. The Balaban J connectivity index is 3.92. The molecule has 0 rings (SSSR count). The largest absolute Gasteiger partial charge is 0.480 e. The smallest absolute Gasteiger partial charge is 0.324 e. The van der Waals surface area contributed by atoms with Crippen LogP contribution in [0.1, 0.15) is 26.7 Å².